The molecule has 0 radical (unpaired) electrons. The lowest BCUT2D eigenvalue weighted by Crippen LogP contribution is -2.30. The maximum Gasteiger partial charge on any atom is 0.153 e. The van der Waals surface area contributed by atoms with E-state index in [1.54, 1.807) is 0 Å². The molecule has 0 aliphatic carbocycles. The highest BCUT2D eigenvalue weighted by molar-refractivity contribution is 7.98. The molecule has 2 N–H and O–H groups in total. The van der Waals surface area contributed by atoms with Gasteiger partial charge < -0.3 is 10.6 Å². The van der Waals surface area contributed by atoms with Crippen molar-refractivity contribution < 1.29 is 0 Å². The van der Waals surface area contributed by atoms with Crippen LogP contribution < -0.4 is 10.6 Å². The lowest BCUT2D eigenvalue weighted by Gasteiger charge is -2.26. The summed E-state index contributed by atoms with van der Waals surface area (Å²) < 4.78 is 0. The van der Waals surface area contributed by atoms with E-state index >= 15 is 0 Å². The maximum atomic E-state index is 6.07. The predicted molar refractivity (Wildman–Crippen MR) is 72.3 cm³/mol. The van der Waals surface area contributed by atoms with Crippen LogP contribution in [0.1, 0.15) is 13.3 Å². The summed E-state index contributed by atoms with van der Waals surface area (Å²) in [5.41, 5.74) is 5.64. The Balaban J connectivity index is 2.79. The van der Waals surface area contributed by atoms with Crippen LogP contribution in [0.4, 0.5) is 11.6 Å². The molecule has 0 aliphatic rings. The Bertz CT molecular complexity index is 348. The van der Waals surface area contributed by atoms with E-state index in [4.69, 9.17) is 17.3 Å². The van der Waals surface area contributed by atoms with Crippen molar-refractivity contribution in [1.29, 1.82) is 0 Å². The van der Waals surface area contributed by atoms with Crippen LogP contribution in [0.15, 0.2) is 6.33 Å². The second-order valence-electron chi connectivity index (χ2n) is 3.64. The van der Waals surface area contributed by atoms with Crippen LogP contribution in [0.25, 0.3) is 0 Å². The van der Waals surface area contributed by atoms with Crippen LogP contribution in [0.5, 0.6) is 0 Å². The summed E-state index contributed by atoms with van der Waals surface area (Å²) in [5, 5.41) is 0.431. The third kappa shape index (κ3) is 3.15. The van der Waals surface area contributed by atoms with Crippen molar-refractivity contribution in [3.8, 4) is 0 Å². The molecule has 1 rings (SSSR count). The average molecular weight is 261 g/mol. The average Bonchev–Trinajstić information content (AvgIpc) is 2.28. The molecule has 1 unspecified atom stereocenters. The largest absolute Gasteiger partial charge is 0.382 e. The van der Waals surface area contributed by atoms with E-state index in [0.717, 1.165) is 12.2 Å². The predicted octanol–water partition coefficient (Wildman–Crippen LogP) is 2.29. The first kappa shape index (κ1) is 13.4. The summed E-state index contributed by atoms with van der Waals surface area (Å²) >= 11 is 7.90. The van der Waals surface area contributed by atoms with Crippen molar-refractivity contribution in [3.05, 3.63) is 11.3 Å². The van der Waals surface area contributed by atoms with Gasteiger partial charge in [-0.25, -0.2) is 9.97 Å². The van der Waals surface area contributed by atoms with Crippen LogP contribution in [0.3, 0.4) is 0 Å². The van der Waals surface area contributed by atoms with Gasteiger partial charge in [-0.15, -0.1) is 0 Å². The van der Waals surface area contributed by atoms with Gasteiger partial charge in [-0.3, -0.25) is 0 Å². The number of nitrogen functional groups attached to an aromatic ring is 1. The zero-order valence-corrected chi connectivity index (χ0v) is 11.3. The Kier molecular flexibility index (Phi) is 5.15. The highest BCUT2D eigenvalue weighted by atomic mass is 35.5. The van der Waals surface area contributed by atoms with Gasteiger partial charge in [-0.2, -0.15) is 11.8 Å². The summed E-state index contributed by atoms with van der Waals surface area (Å²) in [4.78, 5) is 10.0. The summed E-state index contributed by atoms with van der Waals surface area (Å²) in [6, 6.07) is 0.374. The SMILES string of the molecule is CSCCC(C)N(C)c1ncnc(N)c1Cl. The molecule has 0 aromatic carbocycles. The fraction of sp³-hybridized carbons (Fsp3) is 0.600. The number of nitrogens with two attached hydrogens (primary N) is 1. The highest BCUT2D eigenvalue weighted by Crippen LogP contribution is 2.27. The standard InChI is InChI=1S/C10H17ClN4S/c1-7(4-5-16-3)15(2)10-8(11)9(12)13-6-14-10/h6-7H,4-5H2,1-3H3,(H2,12,13,14). The lowest BCUT2D eigenvalue weighted by atomic mass is 10.2. The first-order chi connectivity index (χ1) is 7.57. The maximum absolute atomic E-state index is 6.07. The van der Waals surface area contributed by atoms with Gasteiger partial charge in [-0.05, 0) is 25.4 Å². The molecule has 0 saturated heterocycles. The Hall–Kier alpha value is -0.680. The van der Waals surface area contributed by atoms with Crippen LogP contribution >= 0.6 is 23.4 Å². The summed E-state index contributed by atoms with van der Waals surface area (Å²) in [7, 11) is 1.97. The molecule has 1 heterocycles. The molecule has 4 nitrogen and oxygen atoms in total. The van der Waals surface area contributed by atoms with Gasteiger partial charge in [-0.1, -0.05) is 11.6 Å². The number of aromatic nitrogens is 2. The third-order valence-electron chi connectivity index (χ3n) is 2.53. The molecule has 0 aliphatic heterocycles. The smallest absolute Gasteiger partial charge is 0.153 e. The number of halogens is 1. The molecule has 0 bridgehead atoms. The molecule has 1 atom stereocenters. The Morgan fingerprint density at radius 1 is 1.56 bits per heavy atom. The topological polar surface area (TPSA) is 55.0 Å². The minimum Gasteiger partial charge on any atom is -0.382 e. The second kappa shape index (κ2) is 6.15. The van der Waals surface area contributed by atoms with Crippen molar-refractivity contribution >= 4 is 35.0 Å². The molecule has 6 heteroatoms. The molecule has 16 heavy (non-hydrogen) atoms. The van der Waals surface area contributed by atoms with E-state index in [2.05, 4.69) is 23.1 Å². The first-order valence-corrected chi connectivity index (χ1v) is 6.82. The number of thioether (sulfide) groups is 1. The molecule has 0 fully saturated rings. The Morgan fingerprint density at radius 3 is 2.88 bits per heavy atom. The zero-order valence-electron chi connectivity index (χ0n) is 9.77. The van der Waals surface area contributed by atoms with E-state index in [1.165, 1.54) is 6.33 Å². The molecule has 90 valence electrons. The van der Waals surface area contributed by atoms with Crippen molar-refractivity contribution in [2.24, 2.45) is 0 Å². The fourth-order valence-corrected chi connectivity index (χ4v) is 2.12. The van der Waals surface area contributed by atoms with Gasteiger partial charge in [0.1, 0.15) is 17.2 Å². The van der Waals surface area contributed by atoms with Gasteiger partial charge in [0.2, 0.25) is 0 Å². The fourth-order valence-electron chi connectivity index (χ4n) is 1.31. The highest BCUT2D eigenvalue weighted by Gasteiger charge is 2.15. The van der Waals surface area contributed by atoms with Crippen LogP contribution in [-0.4, -0.2) is 35.1 Å². The summed E-state index contributed by atoms with van der Waals surface area (Å²) in [5.74, 6) is 2.14. The van der Waals surface area contributed by atoms with Crippen molar-refractivity contribution in [3.63, 3.8) is 0 Å². The molecule has 0 saturated carbocycles. The van der Waals surface area contributed by atoms with E-state index in [9.17, 15) is 0 Å². The van der Waals surface area contributed by atoms with Gasteiger partial charge in [0.15, 0.2) is 5.82 Å². The van der Waals surface area contributed by atoms with Crippen molar-refractivity contribution in [1.82, 2.24) is 9.97 Å². The van der Waals surface area contributed by atoms with E-state index in [-0.39, 0.29) is 0 Å². The Morgan fingerprint density at radius 2 is 2.25 bits per heavy atom. The van der Waals surface area contributed by atoms with E-state index < -0.39 is 0 Å². The molecular formula is C10H17ClN4S. The molecule has 1 aromatic heterocycles. The van der Waals surface area contributed by atoms with Crippen molar-refractivity contribution in [2.75, 3.05) is 29.7 Å². The number of anilines is 2. The van der Waals surface area contributed by atoms with Gasteiger partial charge in [0, 0.05) is 13.1 Å². The number of hydrogen-bond donors (Lipinski definition) is 1. The lowest BCUT2D eigenvalue weighted by molar-refractivity contribution is 0.661. The molecule has 0 spiro atoms. The minimum atomic E-state index is 0.329. The number of nitrogens with zero attached hydrogens (tertiary/aromatic N) is 3. The van der Waals surface area contributed by atoms with E-state index in [1.807, 2.05) is 23.7 Å². The number of rotatable bonds is 5. The summed E-state index contributed by atoms with van der Waals surface area (Å²) in [6.45, 7) is 2.14. The van der Waals surface area contributed by atoms with Crippen LogP contribution in [0, 0.1) is 0 Å². The molecular weight excluding hydrogens is 244 g/mol. The second-order valence-corrected chi connectivity index (χ2v) is 5.00. The Labute approximate surface area is 106 Å². The van der Waals surface area contributed by atoms with Crippen LogP contribution in [-0.2, 0) is 0 Å². The minimum absolute atomic E-state index is 0.329. The number of hydrogen-bond acceptors (Lipinski definition) is 5. The zero-order chi connectivity index (χ0) is 12.1. The summed E-state index contributed by atoms with van der Waals surface area (Å²) in [6.07, 6.45) is 4.62. The normalized spacial score (nSPS) is 12.5. The third-order valence-corrected chi connectivity index (χ3v) is 3.54. The monoisotopic (exact) mass is 260 g/mol. The van der Waals surface area contributed by atoms with Gasteiger partial charge >= 0.3 is 0 Å². The van der Waals surface area contributed by atoms with E-state index in [0.29, 0.717) is 22.7 Å². The quantitative estimate of drug-likeness (QED) is 0.880. The molecule has 0 amide bonds. The van der Waals surface area contributed by atoms with Gasteiger partial charge in [0.05, 0.1) is 0 Å². The first-order valence-electron chi connectivity index (χ1n) is 5.05. The van der Waals surface area contributed by atoms with Gasteiger partial charge in [0.25, 0.3) is 0 Å². The van der Waals surface area contributed by atoms with Crippen LogP contribution in [0.2, 0.25) is 5.02 Å². The molecule has 1 aromatic rings. The van der Waals surface area contributed by atoms with Crippen molar-refractivity contribution in [2.45, 2.75) is 19.4 Å².